The number of carbonyl (C=O) groups is 4. The van der Waals surface area contributed by atoms with Crippen molar-refractivity contribution in [2.24, 2.45) is 5.92 Å². The number of halogens is 4. The van der Waals surface area contributed by atoms with Crippen LogP contribution >= 0.6 is 12.2 Å². The van der Waals surface area contributed by atoms with Crippen molar-refractivity contribution in [3.63, 3.8) is 0 Å². The van der Waals surface area contributed by atoms with Gasteiger partial charge in [0.1, 0.15) is 12.1 Å². The third kappa shape index (κ3) is 9.16. The minimum atomic E-state index is -4.84. The Morgan fingerprint density at radius 1 is 1.02 bits per heavy atom. The third-order valence-corrected chi connectivity index (χ3v) is 11.0. The van der Waals surface area contributed by atoms with E-state index in [1.54, 1.807) is 20.8 Å². The number of rotatable bonds is 12. The number of benzene rings is 3. The summed E-state index contributed by atoms with van der Waals surface area (Å²) in [5, 5.41) is 11.4. The van der Waals surface area contributed by atoms with Crippen LogP contribution in [0.1, 0.15) is 54.5 Å². The maximum Gasteiger partial charge on any atom is 0.417 e. The number of thiocarbonyl (C=S) groups is 1. The predicted molar refractivity (Wildman–Crippen MR) is 207 cm³/mol. The molecule has 1 unspecified atom stereocenters. The van der Waals surface area contributed by atoms with Gasteiger partial charge in [-0.25, -0.2) is 4.39 Å². The van der Waals surface area contributed by atoms with Crippen molar-refractivity contribution in [3.05, 3.63) is 88.2 Å². The summed E-state index contributed by atoms with van der Waals surface area (Å²) in [4.78, 5) is 56.9. The summed E-state index contributed by atoms with van der Waals surface area (Å²) < 4.78 is 62.6. The molecule has 0 bridgehead atoms. The minimum Gasteiger partial charge on any atom is -0.489 e. The number of ether oxygens (including phenoxy) is 1. The Bertz CT molecular complexity index is 2150. The lowest BCUT2D eigenvalue weighted by Crippen LogP contribution is -2.48. The summed E-state index contributed by atoms with van der Waals surface area (Å²) >= 11 is 5.61. The number of aryl methyl sites for hydroxylation is 1. The van der Waals surface area contributed by atoms with Crippen LogP contribution in [0.4, 0.5) is 28.9 Å². The van der Waals surface area contributed by atoms with Crippen molar-refractivity contribution in [2.45, 2.75) is 58.2 Å². The quantitative estimate of drug-likeness (QED) is 0.146. The molecule has 3 amide bonds. The monoisotopic (exact) mass is 806 g/mol. The van der Waals surface area contributed by atoms with E-state index in [2.05, 4.69) is 15.1 Å². The summed E-state index contributed by atoms with van der Waals surface area (Å²) in [5.74, 6) is -2.01. The largest absolute Gasteiger partial charge is 0.489 e. The summed E-state index contributed by atoms with van der Waals surface area (Å²) in [5.41, 5.74) is -0.742. The average molecular weight is 807 g/mol. The Labute approximate surface area is 333 Å². The number of hydrogen-bond donors (Lipinski definition) is 1. The van der Waals surface area contributed by atoms with E-state index >= 15 is 4.39 Å². The number of piperazine rings is 1. The molecule has 0 spiro atoms. The second-order valence-electron chi connectivity index (χ2n) is 15.1. The molecule has 0 radical (unpaired) electrons. The molecule has 3 saturated heterocycles. The summed E-state index contributed by atoms with van der Waals surface area (Å²) in [6.45, 7) is 8.50. The number of hydrogen-bond acceptors (Lipinski definition) is 9. The lowest BCUT2D eigenvalue weighted by Gasteiger charge is -2.34. The molecule has 0 aromatic heterocycles. The number of amides is 3. The van der Waals surface area contributed by atoms with Crippen LogP contribution < -0.4 is 19.9 Å². The highest BCUT2D eigenvalue weighted by Crippen LogP contribution is 2.41. The van der Waals surface area contributed by atoms with Crippen LogP contribution in [0.5, 0.6) is 5.75 Å². The first-order chi connectivity index (χ1) is 27.0. The molecule has 3 aromatic carbocycles. The van der Waals surface area contributed by atoms with Gasteiger partial charge < -0.3 is 9.64 Å². The zero-order valence-corrected chi connectivity index (χ0v) is 32.6. The fourth-order valence-corrected chi connectivity index (χ4v) is 8.01. The van der Waals surface area contributed by atoms with E-state index in [9.17, 15) is 37.6 Å². The fraction of sp³-hybridized carbons (Fsp3) is 0.415. The van der Waals surface area contributed by atoms with Gasteiger partial charge in [-0.1, -0.05) is 24.3 Å². The number of ketones is 1. The van der Waals surface area contributed by atoms with Gasteiger partial charge in [-0.2, -0.15) is 18.4 Å². The normalized spacial score (nSPS) is 19.2. The molecule has 3 fully saturated rings. The van der Waals surface area contributed by atoms with Crippen molar-refractivity contribution < 1.29 is 41.5 Å². The number of anilines is 2. The predicted octanol–water partition coefficient (Wildman–Crippen LogP) is 5.34. The summed E-state index contributed by atoms with van der Waals surface area (Å²) in [7, 11) is 0. The highest BCUT2D eigenvalue weighted by atomic mass is 32.1. The van der Waals surface area contributed by atoms with E-state index in [-0.39, 0.29) is 58.8 Å². The molecule has 11 nitrogen and oxygen atoms in total. The van der Waals surface area contributed by atoms with Gasteiger partial charge in [-0.3, -0.25) is 39.2 Å². The number of nitrogens with one attached hydrogen (secondary N) is 1. The molecular formula is C41H42F4N6O5S. The van der Waals surface area contributed by atoms with Crippen molar-refractivity contribution >= 4 is 52.2 Å². The Morgan fingerprint density at radius 3 is 2.40 bits per heavy atom. The molecule has 16 heteroatoms. The third-order valence-electron chi connectivity index (χ3n) is 10.6. The van der Waals surface area contributed by atoms with Gasteiger partial charge in [0.25, 0.3) is 5.91 Å². The molecule has 1 N–H and O–H groups in total. The molecule has 0 saturated carbocycles. The highest BCUT2D eigenvalue weighted by molar-refractivity contribution is 7.81. The van der Waals surface area contributed by atoms with Gasteiger partial charge in [-0.15, -0.1) is 0 Å². The van der Waals surface area contributed by atoms with Gasteiger partial charge in [0.05, 0.1) is 35.1 Å². The Morgan fingerprint density at radius 2 is 1.72 bits per heavy atom. The zero-order chi connectivity index (χ0) is 41.2. The smallest absolute Gasteiger partial charge is 0.417 e. The van der Waals surface area contributed by atoms with E-state index < -0.39 is 34.6 Å². The number of nitrogens with zero attached hydrogens (tertiary/aromatic N) is 5. The molecule has 3 aromatic rings. The second-order valence-corrected chi connectivity index (χ2v) is 15.4. The molecule has 57 heavy (non-hydrogen) atoms. The van der Waals surface area contributed by atoms with Crippen molar-refractivity contribution in [1.29, 1.82) is 5.26 Å². The van der Waals surface area contributed by atoms with Crippen LogP contribution in [0.15, 0.2) is 54.6 Å². The van der Waals surface area contributed by atoms with Gasteiger partial charge in [0.15, 0.2) is 22.5 Å². The number of imide groups is 1. The molecule has 1 atom stereocenters. The number of piperidine rings is 1. The van der Waals surface area contributed by atoms with Crippen LogP contribution in [0.2, 0.25) is 0 Å². The minimum absolute atomic E-state index is 0.00493. The SMILES string of the molecule is Cc1cc(OCCN2CCN(CC(=O)Cc3cccc(CC4CCC(=O)NC4=O)c3)CC2)c(F)cc1N1C(=S)N(c2ccc(C#N)c(C(F)(F)F)c2)C(=O)C1(C)C. The number of Topliss-reactive ketones (excluding diaryl/α,β-unsaturated/α-hetero) is 1. The van der Waals surface area contributed by atoms with Crippen LogP contribution in [-0.2, 0) is 38.2 Å². The molecular weight excluding hydrogens is 765 g/mol. The van der Waals surface area contributed by atoms with Gasteiger partial charge in [0.2, 0.25) is 11.8 Å². The molecule has 3 aliphatic rings. The molecule has 6 rings (SSSR count). The highest BCUT2D eigenvalue weighted by Gasteiger charge is 2.51. The average Bonchev–Trinajstić information content (AvgIpc) is 3.32. The first-order valence-corrected chi connectivity index (χ1v) is 19.0. The van der Waals surface area contributed by atoms with E-state index in [0.29, 0.717) is 70.2 Å². The van der Waals surface area contributed by atoms with Crippen LogP contribution in [0, 0.1) is 30.0 Å². The maximum absolute atomic E-state index is 15.6. The standard InChI is InChI=1S/C41H42F4N6O5S/c1-25-17-35(33(42)22-34(25)51-39(57)50(38(55)40(51,2)3)30-9-7-29(23-46)32(21-30)41(43,44)45)56-16-15-48-11-13-49(14-12-48)24-31(52)20-27-6-4-5-26(18-27)19-28-8-10-36(53)47-37(28)54/h4-7,9,17-18,21-22,28H,8,10-16,19-20,24H2,1-3H3,(H,47,53,54). The number of nitriles is 1. The fourth-order valence-electron chi connectivity index (χ4n) is 7.50. The Kier molecular flexibility index (Phi) is 12.1. The van der Waals surface area contributed by atoms with Gasteiger partial charge in [0, 0.05) is 57.5 Å². The van der Waals surface area contributed by atoms with Crippen molar-refractivity contribution in [2.75, 3.05) is 55.7 Å². The van der Waals surface area contributed by atoms with E-state index in [1.165, 1.54) is 29.2 Å². The van der Waals surface area contributed by atoms with Gasteiger partial charge in [-0.05, 0) is 86.8 Å². The van der Waals surface area contributed by atoms with E-state index in [0.717, 1.165) is 22.1 Å². The molecule has 300 valence electrons. The topological polar surface area (TPSA) is 126 Å². The lowest BCUT2D eigenvalue weighted by molar-refractivity contribution is -0.138. The first-order valence-electron chi connectivity index (χ1n) is 18.6. The Hall–Kier alpha value is -5.24. The Balaban J connectivity index is 0.997. The number of alkyl halides is 3. The molecule has 3 aliphatic heterocycles. The molecule has 3 heterocycles. The first kappa shape index (κ1) is 41.4. The van der Waals surface area contributed by atoms with E-state index in [4.69, 9.17) is 17.0 Å². The van der Waals surface area contributed by atoms with Crippen molar-refractivity contribution in [3.8, 4) is 11.8 Å². The summed E-state index contributed by atoms with van der Waals surface area (Å²) in [6.07, 6.45) is -3.21. The van der Waals surface area contributed by atoms with Crippen LogP contribution in [0.3, 0.4) is 0 Å². The molecule has 0 aliphatic carbocycles. The lowest BCUT2D eigenvalue weighted by atomic mass is 9.90. The van der Waals surface area contributed by atoms with E-state index in [1.807, 2.05) is 24.3 Å². The van der Waals surface area contributed by atoms with Crippen LogP contribution in [-0.4, -0.2) is 89.8 Å². The number of carbonyl (C=O) groups excluding carboxylic acids is 4. The van der Waals surface area contributed by atoms with Crippen LogP contribution in [0.25, 0.3) is 0 Å². The van der Waals surface area contributed by atoms with Crippen molar-refractivity contribution in [1.82, 2.24) is 15.1 Å². The summed E-state index contributed by atoms with van der Waals surface area (Å²) in [6, 6.07) is 14.8. The van der Waals surface area contributed by atoms with Gasteiger partial charge >= 0.3 is 6.18 Å². The maximum atomic E-state index is 15.6. The second kappa shape index (κ2) is 16.7. The zero-order valence-electron chi connectivity index (χ0n) is 31.7.